The second kappa shape index (κ2) is 4.02. The lowest BCUT2D eigenvalue weighted by Gasteiger charge is -2.15. The summed E-state index contributed by atoms with van der Waals surface area (Å²) in [5.74, 6) is 0. The van der Waals surface area contributed by atoms with Crippen LogP contribution in [0.3, 0.4) is 0 Å². The molecule has 11 heavy (non-hydrogen) atoms. The van der Waals surface area contributed by atoms with E-state index in [4.69, 9.17) is 11.0 Å². The molecule has 0 aromatic heterocycles. The van der Waals surface area contributed by atoms with Crippen LogP contribution >= 0.6 is 0 Å². The smallest absolute Gasteiger partial charge is 0.0746 e. The van der Waals surface area contributed by atoms with Gasteiger partial charge in [-0.25, -0.2) is 0 Å². The Morgan fingerprint density at radius 2 is 2.00 bits per heavy atom. The van der Waals surface area contributed by atoms with Crippen LogP contribution in [0.2, 0.25) is 0 Å². The summed E-state index contributed by atoms with van der Waals surface area (Å²) in [5, 5.41) is 8.40. The van der Waals surface area contributed by atoms with E-state index in [1.807, 2.05) is 0 Å². The fourth-order valence-electron chi connectivity index (χ4n) is 1.51. The molecule has 1 rings (SSSR count). The Morgan fingerprint density at radius 3 is 2.55 bits per heavy atom. The Kier molecular flexibility index (Phi) is 2.97. The summed E-state index contributed by atoms with van der Waals surface area (Å²) in [6.45, 7) is 0. The van der Waals surface area contributed by atoms with Gasteiger partial charge in [0.05, 0.1) is 12.5 Å². The minimum absolute atomic E-state index is 0.412. The molecule has 0 radical (unpaired) electrons. The molecule has 0 unspecified atom stereocenters. The van der Waals surface area contributed by atoms with Gasteiger partial charge in [0.15, 0.2) is 0 Å². The maximum absolute atomic E-state index is 8.40. The molecule has 1 aliphatic rings. The van der Waals surface area contributed by atoms with Crippen molar-refractivity contribution in [3.63, 3.8) is 0 Å². The van der Waals surface area contributed by atoms with Crippen LogP contribution < -0.4 is 5.73 Å². The standard InChI is InChI=1S/C9H14N2/c10-7-6-9(11)8-4-2-1-3-5-8/h1-6,11H2. The summed E-state index contributed by atoms with van der Waals surface area (Å²) >= 11 is 0. The number of nitriles is 1. The molecule has 0 spiro atoms. The Bertz CT molecular complexity index is 190. The van der Waals surface area contributed by atoms with Crippen LogP contribution in [0.5, 0.6) is 0 Å². The largest absolute Gasteiger partial charge is 0.401 e. The van der Waals surface area contributed by atoms with Gasteiger partial charge in [0.1, 0.15) is 0 Å². The molecule has 0 saturated heterocycles. The zero-order valence-electron chi connectivity index (χ0n) is 6.77. The van der Waals surface area contributed by atoms with E-state index in [1.165, 1.54) is 24.8 Å². The third kappa shape index (κ3) is 2.27. The number of nitrogens with zero attached hydrogens (tertiary/aromatic N) is 1. The summed E-state index contributed by atoms with van der Waals surface area (Å²) < 4.78 is 0. The van der Waals surface area contributed by atoms with Gasteiger partial charge in [-0.2, -0.15) is 5.26 Å². The predicted molar refractivity (Wildman–Crippen MR) is 44.5 cm³/mol. The fourth-order valence-corrected chi connectivity index (χ4v) is 1.51. The van der Waals surface area contributed by atoms with Crippen LogP contribution in [0.1, 0.15) is 38.5 Å². The van der Waals surface area contributed by atoms with E-state index in [9.17, 15) is 0 Å². The SMILES string of the molecule is N#CCC(N)=C1CCCCC1. The van der Waals surface area contributed by atoms with E-state index in [0.29, 0.717) is 6.42 Å². The molecule has 1 aliphatic carbocycles. The van der Waals surface area contributed by atoms with Crippen LogP contribution in [0.4, 0.5) is 0 Å². The molecule has 60 valence electrons. The molecule has 2 heteroatoms. The van der Waals surface area contributed by atoms with Gasteiger partial charge in [-0.15, -0.1) is 0 Å². The third-order valence-electron chi connectivity index (χ3n) is 2.18. The van der Waals surface area contributed by atoms with E-state index in [-0.39, 0.29) is 0 Å². The molecule has 1 saturated carbocycles. The lowest BCUT2D eigenvalue weighted by atomic mass is 9.93. The zero-order valence-corrected chi connectivity index (χ0v) is 6.77. The van der Waals surface area contributed by atoms with Gasteiger partial charge in [-0.05, 0) is 25.7 Å². The quantitative estimate of drug-likeness (QED) is 0.622. The van der Waals surface area contributed by atoms with Gasteiger partial charge in [0.25, 0.3) is 0 Å². The first kappa shape index (κ1) is 8.13. The summed E-state index contributed by atoms with van der Waals surface area (Å²) in [4.78, 5) is 0. The van der Waals surface area contributed by atoms with Gasteiger partial charge in [0.2, 0.25) is 0 Å². The lowest BCUT2D eigenvalue weighted by Crippen LogP contribution is -2.05. The van der Waals surface area contributed by atoms with Gasteiger partial charge in [-0.1, -0.05) is 12.0 Å². The average Bonchev–Trinajstić information content (AvgIpc) is 2.07. The number of rotatable bonds is 1. The second-order valence-electron chi connectivity index (χ2n) is 3.02. The first-order chi connectivity index (χ1) is 5.34. The van der Waals surface area contributed by atoms with Gasteiger partial charge in [0, 0.05) is 5.70 Å². The molecular formula is C9H14N2. The molecule has 2 N–H and O–H groups in total. The number of nitrogens with two attached hydrogens (primary N) is 1. The van der Waals surface area contributed by atoms with Crippen molar-refractivity contribution >= 4 is 0 Å². The molecular weight excluding hydrogens is 136 g/mol. The van der Waals surface area contributed by atoms with Gasteiger partial charge >= 0.3 is 0 Å². The summed E-state index contributed by atoms with van der Waals surface area (Å²) in [5.41, 5.74) is 7.87. The second-order valence-corrected chi connectivity index (χ2v) is 3.02. The summed E-state index contributed by atoms with van der Waals surface area (Å²) in [7, 11) is 0. The Hall–Kier alpha value is -0.970. The van der Waals surface area contributed by atoms with E-state index < -0.39 is 0 Å². The summed E-state index contributed by atoms with van der Waals surface area (Å²) in [6, 6.07) is 2.08. The van der Waals surface area contributed by atoms with Crippen LogP contribution in [-0.4, -0.2) is 0 Å². The maximum atomic E-state index is 8.40. The molecule has 2 nitrogen and oxygen atoms in total. The van der Waals surface area contributed by atoms with Crippen molar-refractivity contribution in [2.24, 2.45) is 5.73 Å². The van der Waals surface area contributed by atoms with Crippen molar-refractivity contribution in [1.29, 1.82) is 5.26 Å². The van der Waals surface area contributed by atoms with E-state index in [1.54, 1.807) is 0 Å². The van der Waals surface area contributed by atoms with Crippen LogP contribution in [0, 0.1) is 11.3 Å². The highest BCUT2D eigenvalue weighted by molar-refractivity contribution is 5.15. The highest BCUT2D eigenvalue weighted by Gasteiger charge is 2.08. The molecule has 0 bridgehead atoms. The highest BCUT2D eigenvalue weighted by Crippen LogP contribution is 2.24. The normalized spacial score (nSPS) is 17.5. The average molecular weight is 150 g/mol. The third-order valence-corrected chi connectivity index (χ3v) is 2.18. The Labute approximate surface area is 67.7 Å². The van der Waals surface area contributed by atoms with Crippen LogP contribution in [-0.2, 0) is 0 Å². The molecule has 1 fully saturated rings. The molecule has 0 aromatic rings. The fraction of sp³-hybridized carbons (Fsp3) is 0.667. The Balaban J connectivity index is 2.54. The van der Waals surface area contributed by atoms with Crippen molar-refractivity contribution in [1.82, 2.24) is 0 Å². The van der Waals surface area contributed by atoms with E-state index in [0.717, 1.165) is 18.5 Å². The lowest BCUT2D eigenvalue weighted by molar-refractivity contribution is 0.591. The van der Waals surface area contributed by atoms with Crippen molar-refractivity contribution in [3.05, 3.63) is 11.3 Å². The number of hydrogen-bond acceptors (Lipinski definition) is 2. The maximum Gasteiger partial charge on any atom is 0.0746 e. The minimum Gasteiger partial charge on any atom is -0.401 e. The van der Waals surface area contributed by atoms with Crippen molar-refractivity contribution in [3.8, 4) is 6.07 Å². The topological polar surface area (TPSA) is 49.8 Å². The van der Waals surface area contributed by atoms with Gasteiger partial charge in [-0.3, -0.25) is 0 Å². The highest BCUT2D eigenvalue weighted by atomic mass is 14.6. The van der Waals surface area contributed by atoms with Crippen LogP contribution in [0.15, 0.2) is 11.3 Å². The van der Waals surface area contributed by atoms with Crippen molar-refractivity contribution < 1.29 is 0 Å². The first-order valence-corrected chi connectivity index (χ1v) is 4.18. The molecule has 0 heterocycles. The molecule has 0 atom stereocenters. The van der Waals surface area contributed by atoms with Crippen LogP contribution in [0.25, 0.3) is 0 Å². The zero-order chi connectivity index (χ0) is 8.10. The molecule has 0 amide bonds. The molecule has 0 aromatic carbocycles. The minimum atomic E-state index is 0.412. The first-order valence-electron chi connectivity index (χ1n) is 4.18. The van der Waals surface area contributed by atoms with E-state index in [2.05, 4.69) is 6.07 Å². The number of hydrogen-bond donors (Lipinski definition) is 1. The number of allylic oxidation sites excluding steroid dienone is 2. The molecule has 0 aliphatic heterocycles. The summed E-state index contributed by atoms with van der Waals surface area (Å²) in [6.07, 6.45) is 6.47. The Morgan fingerprint density at radius 1 is 1.36 bits per heavy atom. The van der Waals surface area contributed by atoms with Crippen molar-refractivity contribution in [2.45, 2.75) is 38.5 Å². The monoisotopic (exact) mass is 150 g/mol. The van der Waals surface area contributed by atoms with E-state index >= 15 is 0 Å². The van der Waals surface area contributed by atoms with Crippen molar-refractivity contribution in [2.75, 3.05) is 0 Å². The predicted octanol–water partition coefficient (Wildman–Crippen LogP) is 2.08. The van der Waals surface area contributed by atoms with Gasteiger partial charge < -0.3 is 5.73 Å².